The third-order valence-electron chi connectivity index (χ3n) is 4.03. The first kappa shape index (κ1) is 21.4. The van der Waals surface area contributed by atoms with E-state index in [1.165, 1.54) is 35.2 Å². The highest BCUT2D eigenvalue weighted by Gasteiger charge is 2.30. The minimum atomic E-state index is -4.40. The van der Waals surface area contributed by atoms with Crippen LogP contribution in [0.5, 0.6) is 0 Å². The van der Waals surface area contributed by atoms with Gasteiger partial charge in [-0.2, -0.15) is 18.4 Å². The average molecular weight is 393 g/mol. The molecule has 28 heavy (non-hydrogen) atoms. The van der Waals surface area contributed by atoms with Gasteiger partial charge in [-0.1, -0.05) is 24.3 Å². The standard InChI is InChI=1S/C20H19F4N3O/c1-26(13-15-7-9-16(10-8-15)20(22,23)24)14-19(28)27(12-4-11-25)18-6-3-2-5-17(18)21/h2-3,5-10H,4,12-14H2,1H3. The van der Waals surface area contributed by atoms with E-state index >= 15 is 0 Å². The van der Waals surface area contributed by atoms with Gasteiger partial charge in [-0.05, 0) is 36.9 Å². The first-order valence-corrected chi connectivity index (χ1v) is 8.49. The summed E-state index contributed by atoms with van der Waals surface area (Å²) in [4.78, 5) is 15.5. The Hall–Kier alpha value is -2.92. The Morgan fingerprint density at radius 1 is 1.11 bits per heavy atom. The third-order valence-corrected chi connectivity index (χ3v) is 4.03. The van der Waals surface area contributed by atoms with E-state index in [1.807, 2.05) is 6.07 Å². The van der Waals surface area contributed by atoms with Crippen molar-refractivity contribution in [3.63, 3.8) is 0 Å². The SMILES string of the molecule is CN(CC(=O)N(CCC#N)c1ccccc1F)Cc1ccc(C(F)(F)F)cc1. The number of rotatable bonds is 7. The van der Waals surface area contributed by atoms with Crippen molar-refractivity contribution in [2.75, 3.05) is 25.0 Å². The summed E-state index contributed by atoms with van der Waals surface area (Å²) in [5.74, 6) is -0.978. The summed E-state index contributed by atoms with van der Waals surface area (Å²) in [6.45, 7) is 0.207. The number of anilines is 1. The van der Waals surface area contributed by atoms with Crippen molar-refractivity contribution in [1.29, 1.82) is 5.26 Å². The molecule has 0 aromatic heterocycles. The number of para-hydroxylation sites is 1. The molecule has 0 saturated heterocycles. The van der Waals surface area contributed by atoms with E-state index in [-0.39, 0.29) is 31.7 Å². The van der Waals surface area contributed by atoms with Crippen molar-refractivity contribution in [3.8, 4) is 6.07 Å². The first-order valence-electron chi connectivity index (χ1n) is 8.49. The number of likely N-dealkylation sites (N-methyl/N-ethyl adjacent to an activating group) is 1. The molecule has 0 fully saturated rings. The maximum atomic E-state index is 14.1. The van der Waals surface area contributed by atoms with E-state index < -0.39 is 23.5 Å². The number of nitrogens with zero attached hydrogens (tertiary/aromatic N) is 3. The molecule has 0 saturated carbocycles. The monoisotopic (exact) mass is 393 g/mol. The van der Waals surface area contributed by atoms with Crippen LogP contribution < -0.4 is 4.90 Å². The van der Waals surface area contributed by atoms with Crippen molar-refractivity contribution in [2.24, 2.45) is 0 Å². The molecular formula is C20H19F4N3O. The zero-order valence-corrected chi connectivity index (χ0v) is 15.2. The highest BCUT2D eigenvalue weighted by atomic mass is 19.4. The largest absolute Gasteiger partial charge is 0.416 e. The smallest absolute Gasteiger partial charge is 0.308 e. The molecule has 0 unspecified atom stereocenters. The fraction of sp³-hybridized carbons (Fsp3) is 0.300. The number of hydrogen-bond acceptors (Lipinski definition) is 3. The molecular weight excluding hydrogens is 374 g/mol. The lowest BCUT2D eigenvalue weighted by Crippen LogP contribution is -2.40. The lowest BCUT2D eigenvalue weighted by molar-refractivity contribution is -0.137. The quantitative estimate of drug-likeness (QED) is 0.662. The maximum absolute atomic E-state index is 14.1. The lowest BCUT2D eigenvalue weighted by Gasteiger charge is -2.25. The van der Waals surface area contributed by atoms with Crippen LogP contribution in [0.2, 0.25) is 0 Å². The normalized spacial score (nSPS) is 11.3. The second-order valence-electron chi connectivity index (χ2n) is 6.27. The summed E-state index contributed by atoms with van der Waals surface area (Å²) in [6.07, 6.45) is -4.36. The van der Waals surface area contributed by atoms with E-state index in [0.717, 1.165) is 12.1 Å². The highest BCUT2D eigenvalue weighted by Crippen LogP contribution is 2.29. The number of hydrogen-bond donors (Lipinski definition) is 0. The van der Waals surface area contributed by atoms with Crippen LogP contribution in [0, 0.1) is 17.1 Å². The molecule has 1 amide bonds. The van der Waals surface area contributed by atoms with Gasteiger partial charge in [0.25, 0.3) is 0 Å². The Morgan fingerprint density at radius 2 is 1.75 bits per heavy atom. The Bertz CT molecular complexity index is 844. The van der Waals surface area contributed by atoms with E-state index in [2.05, 4.69) is 0 Å². The molecule has 0 N–H and O–H groups in total. The van der Waals surface area contributed by atoms with Crippen LogP contribution in [-0.2, 0) is 17.5 Å². The molecule has 0 spiro atoms. The second-order valence-corrected chi connectivity index (χ2v) is 6.27. The van der Waals surface area contributed by atoms with Gasteiger partial charge in [0.2, 0.25) is 5.91 Å². The predicted octanol–water partition coefficient (Wildman–Crippen LogP) is 4.22. The van der Waals surface area contributed by atoms with E-state index in [4.69, 9.17) is 5.26 Å². The Morgan fingerprint density at radius 3 is 2.32 bits per heavy atom. The highest BCUT2D eigenvalue weighted by molar-refractivity contribution is 5.94. The summed E-state index contributed by atoms with van der Waals surface area (Å²) >= 11 is 0. The Kier molecular flexibility index (Phi) is 7.12. The number of amides is 1. The third kappa shape index (κ3) is 5.79. The summed E-state index contributed by atoms with van der Waals surface area (Å²) < 4.78 is 51.9. The van der Waals surface area contributed by atoms with Gasteiger partial charge in [-0.3, -0.25) is 9.69 Å². The molecule has 0 aliphatic carbocycles. The van der Waals surface area contributed by atoms with Gasteiger partial charge in [0.1, 0.15) is 5.82 Å². The van der Waals surface area contributed by atoms with Crippen molar-refractivity contribution >= 4 is 11.6 Å². The number of carbonyl (C=O) groups excluding carboxylic acids is 1. The van der Waals surface area contributed by atoms with Gasteiger partial charge in [-0.25, -0.2) is 4.39 Å². The summed E-state index contributed by atoms with van der Waals surface area (Å²) in [5.41, 5.74) is -0.0411. The summed E-state index contributed by atoms with van der Waals surface area (Å²) in [6, 6.07) is 12.4. The molecule has 0 aliphatic heterocycles. The molecule has 0 radical (unpaired) electrons. The molecule has 148 valence electrons. The van der Waals surface area contributed by atoms with E-state index in [0.29, 0.717) is 5.56 Å². The maximum Gasteiger partial charge on any atom is 0.416 e. The number of nitriles is 1. The van der Waals surface area contributed by atoms with Gasteiger partial charge in [0, 0.05) is 13.1 Å². The van der Waals surface area contributed by atoms with Crippen LogP contribution in [-0.4, -0.2) is 30.9 Å². The Balaban J connectivity index is 2.06. The van der Waals surface area contributed by atoms with Crippen molar-refractivity contribution < 1.29 is 22.4 Å². The molecule has 4 nitrogen and oxygen atoms in total. The van der Waals surface area contributed by atoms with Crippen molar-refractivity contribution in [2.45, 2.75) is 19.1 Å². The van der Waals surface area contributed by atoms with Crippen molar-refractivity contribution in [3.05, 3.63) is 65.5 Å². The molecule has 2 aromatic rings. The van der Waals surface area contributed by atoms with Crippen LogP contribution in [0.25, 0.3) is 0 Å². The number of carbonyl (C=O) groups is 1. The predicted molar refractivity (Wildman–Crippen MR) is 96.8 cm³/mol. The van der Waals surface area contributed by atoms with Crippen LogP contribution in [0.3, 0.4) is 0 Å². The van der Waals surface area contributed by atoms with E-state index in [1.54, 1.807) is 18.0 Å². The van der Waals surface area contributed by atoms with Crippen LogP contribution in [0.4, 0.5) is 23.2 Å². The molecule has 2 aromatic carbocycles. The molecule has 8 heteroatoms. The summed E-state index contributed by atoms with van der Waals surface area (Å²) in [7, 11) is 1.64. The van der Waals surface area contributed by atoms with Crippen LogP contribution >= 0.6 is 0 Å². The van der Waals surface area contributed by atoms with Gasteiger partial charge in [0.05, 0.1) is 30.3 Å². The molecule has 0 atom stereocenters. The molecule has 0 aliphatic rings. The topological polar surface area (TPSA) is 47.3 Å². The fourth-order valence-electron chi connectivity index (χ4n) is 2.69. The first-order chi connectivity index (χ1) is 13.2. The summed E-state index contributed by atoms with van der Waals surface area (Å²) in [5, 5.41) is 8.80. The zero-order chi connectivity index (χ0) is 20.7. The minimum absolute atomic E-state index is 0.0443. The Labute approximate surface area is 160 Å². The average Bonchev–Trinajstić information content (AvgIpc) is 2.63. The van der Waals surface area contributed by atoms with Crippen molar-refractivity contribution in [1.82, 2.24) is 4.90 Å². The van der Waals surface area contributed by atoms with Crippen LogP contribution in [0.1, 0.15) is 17.5 Å². The lowest BCUT2D eigenvalue weighted by atomic mass is 10.1. The fourth-order valence-corrected chi connectivity index (χ4v) is 2.69. The molecule has 0 bridgehead atoms. The number of halogens is 4. The van der Waals surface area contributed by atoms with Gasteiger partial charge in [0.15, 0.2) is 0 Å². The minimum Gasteiger partial charge on any atom is -0.308 e. The van der Waals surface area contributed by atoms with Crippen LogP contribution in [0.15, 0.2) is 48.5 Å². The number of benzene rings is 2. The number of alkyl halides is 3. The van der Waals surface area contributed by atoms with E-state index in [9.17, 15) is 22.4 Å². The molecule has 0 heterocycles. The second kappa shape index (κ2) is 9.33. The molecule has 2 rings (SSSR count). The zero-order valence-electron chi connectivity index (χ0n) is 15.2. The van der Waals surface area contributed by atoms with Gasteiger partial charge < -0.3 is 4.90 Å². The van der Waals surface area contributed by atoms with Gasteiger partial charge >= 0.3 is 6.18 Å². The van der Waals surface area contributed by atoms with Gasteiger partial charge in [-0.15, -0.1) is 0 Å².